The standard InChI is InChI=1S/C29H35ClN8O4S/c1-16-13-20(18(3)31-22-7-8-23(30)32-26(22)27(39)35-43(6,41)42)25-21(14-16)28(40)37(5)29(33-25)38-11-9-19(10-12-38)24-17(2)15-36(4)34-24/h7-8,13-15,18-19,31H,9-12H2,1-6H3,(H,35,39). The van der Waals surface area contributed by atoms with Crippen molar-refractivity contribution in [2.24, 2.45) is 14.1 Å². The molecular formula is C29H35ClN8O4S. The van der Waals surface area contributed by atoms with E-state index in [1.54, 1.807) is 17.7 Å². The van der Waals surface area contributed by atoms with Crippen molar-refractivity contribution >= 4 is 50.1 Å². The van der Waals surface area contributed by atoms with Crippen molar-refractivity contribution < 1.29 is 13.2 Å². The molecule has 0 saturated carbocycles. The second kappa shape index (κ2) is 11.6. The van der Waals surface area contributed by atoms with Gasteiger partial charge in [0.15, 0.2) is 5.69 Å². The quantitative estimate of drug-likeness (QED) is 0.294. The van der Waals surface area contributed by atoms with Gasteiger partial charge in [0.1, 0.15) is 5.15 Å². The van der Waals surface area contributed by atoms with E-state index in [4.69, 9.17) is 16.6 Å². The molecule has 228 valence electrons. The molecule has 1 saturated heterocycles. The highest BCUT2D eigenvalue weighted by atomic mass is 35.5. The number of amides is 1. The molecule has 12 nitrogen and oxygen atoms in total. The molecule has 1 atom stereocenters. The summed E-state index contributed by atoms with van der Waals surface area (Å²) in [7, 11) is -0.148. The van der Waals surface area contributed by atoms with Crippen molar-refractivity contribution in [2.75, 3.05) is 29.6 Å². The molecule has 43 heavy (non-hydrogen) atoms. The van der Waals surface area contributed by atoms with Gasteiger partial charge in [-0.15, -0.1) is 0 Å². The first kappa shape index (κ1) is 30.5. The van der Waals surface area contributed by atoms with E-state index in [1.165, 1.54) is 11.6 Å². The van der Waals surface area contributed by atoms with Crippen LogP contribution in [0.2, 0.25) is 5.15 Å². The minimum atomic E-state index is -3.83. The first-order chi connectivity index (χ1) is 20.2. The van der Waals surface area contributed by atoms with Gasteiger partial charge in [-0.1, -0.05) is 17.7 Å². The van der Waals surface area contributed by atoms with Gasteiger partial charge in [-0.25, -0.2) is 23.1 Å². The zero-order chi connectivity index (χ0) is 31.2. The Hall–Kier alpha value is -3.97. The van der Waals surface area contributed by atoms with E-state index in [0.29, 0.717) is 22.8 Å². The van der Waals surface area contributed by atoms with E-state index in [9.17, 15) is 18.0 Å². The molecule has 1 aliphatic rings. The van der Waals surface area contributed by atoms with Crippen molar-refractivity contribution in [3.8, 4) is 0 Å². The number of fused-ring (bicyclic) bond motifs is 1. The number of carbonyl (C=O) groups is 1. The van der Waals surface area contributed by atoms with Crippen LogP contribution < -0.4 is 20.5 Å². The zero-order valence-corrected chi connectivity index (χ0v) is 26.5. The Bertz CT molecular complexity index is 1890. The molecule has 0 aliphatic carbocycles. The number of aryl methyl sites for hydroxylation is 3. The highest BCUT2D eigenvalue weighted by molar-refractivity contribution is 7.89. The number of nitrogens with zero attached hydrogens (tertiary/aromatic N) is 6. The van der Waals surface area contributed by atoms with Gasteiger partial charge in [0, 0.05) is 44.9 Å². The first-order valence-electron chi connectivity index (χ1n) is 13.9. The summed E-state index contributed by atoms with van der Waals surface area (Å²) in [6.45, 7) is 7.33. The molecule has 0 spiro atoms. The molecular weight excluding hydrogens is 592 g/mol. The number of anilines is 2. The molecule has 3 aromatic heterocycles. The molecule has 5 rings (SSSR count). The monoisotopic (exact) mass is 626 g/mol. The molecule has 1 fully saturated rings. The van der Waals surface area contributed by atoms with Crippen LogP contribution in [0.4, 0.5) is 11.6 Å². The lowest BCUT2D eigenvalue weighted by Crippen LogP contribution is -2.38. The first-order valence-corrected chi connectivity index (χ1v) is 16.2. The van der Waals surface area contributed by atoms with Gasteiger partial charge in [-0.3, -0.25) is 18.8 Å². The average Bonchev–Trinajstić information content (AvgIpc) is 3.28. The van der Waals surface area contributed by atoms with Crippen molar-refractivity contribution in [3.63, 3.8) is 0 Å². The molecule has 4 aromatic rings. The Morgan fingerprint density at radius 3 is 2.44 bits per heavy atom. The minimum absolute atomic E-state index is 0.0367. The fourth-order valence-electron chi connectivity index (χ4n) is 5.79. The molecule has 1 amide bonds. The summed E-state index contributed by atoms with van der Waals surface area (Å²) in [6, 6.07) is 6.40. The van der Waals surface area contributed by atoms with Crippen LogP contribution in [0, 0.1) is 13.8 Å². The lowest BCUT2D eigenvalue weighted by Gasteiger charge is -2.33. The number of hydrogen-bond donors (Lipinski definition) is 2. The molecule has 1 aromatic carbocycles. The average molecular weight is 627 g/mol. The molecule has 4 heterocycles. The van der Waals surface area contributed by atoms with Crippen LogP contribution in [-0.4, -0.2) is 58.0 Å². The number of aromatic nitrogens is 5. The highest BCUT2D eigenvalue weighted by Crippen LogP contribution is 2.32. The van der Waals surface area contributed by atoms with E-state index in [-0.39, 0.29) is 22.1 Å². The Labute approximate surface area is 255 Å². The van der Waals surface area contributed by atoms with Crippen LogP contribution in [0.25, 0.3) is 10.9 Å². The summed E-state index contributed by atoms with van der Waals surface area (Å²) in [5, 5.41) is 8.45. The van der Waals surface area contributed by atoms with Crippen molar-refractivity contribution in [2.45, 2.75) is 45.6 Å². The van der Waals surface area contributed by atoms with Crippen LogP contribution in [-0.2, 0) is 24.1 Å². The van der Waals surface area contributed by atoms with Crippen LogP contribution >= 0.6 is 11.6 Å². The smallest absolute Gasteiger partial charge is 0.285 e. The predicted molar refractivity (Wildman–Crippen MR) is 167 cm³/mol. The molecule has 0 radical (unpaired) electrons. The Morgan fingerprint density at radius 2 is 1.81 bits per heavy atom. The molecule has 2 N–H and O–H groups in total. The van der Waals surface area contributed by atoms with Crippen LogP contribution in [0.15, 0.2) is 35.3 Å². The Morgan fingerprint density at radius 1 is 1.12 bits per heavy atom. The van der Waals surface area contributed by atoms with E-state index >= 15 is 0 Å². The number of carbonyl (C=O) groups excluding carboxylic acids is 1. The fraction of sp³-hybridized carbons (Fsp3) is 0.414. The Kier molecular flexibility index (Phi) is 8.23. The highest BCUT2D eigenvalue weighted by Gasteiger charge is 2.27. The third-order valence-electron chi connectivity index (χ3n) is 7.74. The van der Waals surface area contributed by atoms with Crippen molar-refractivity contribution in [1.29, 1.82) is 0 Å². The summed E-state index contributed by atoms with van der Waals surface area (Å²) >= 11 is 6.04. The lowest BCUT2D eigenvalue weighted by molar-refractivity contribution is 0.0977. The van der Waals surface area contributed by atoms with E-state index < -0.39 is 22.0 Å². The SMILES string of the molecule is Cc1cc(C(C)Nc2ccc(Cl)nc2C(=O)NS(C)(=O)=O)c2nc(N3CCC(c4nn(C)cc4C)CC3)n(C)c(=O)c2c1. The Balaban J connectivity index is 1.49. The zero-order valence-electron chi connectivity index (χ0n) is 25.0. The summed E-state index contributed by atoms with van der Waals surface area (Å²) in [5.41, 5.74) is 4.45. The number of hydrogen-bond acceptors (Lipinski definition) is 9. The number of rotatable bonds is 7. The maximum atomic E-state index is 13.7. The second-order valence-electron chi connectivity index (χ2n) is 11.3. The van der Waals surface area contributed by atoms with Gasteiger partial charge in [0.05, 0.1) is 34.6 Å². The largest absolute Gasteiger partial charge is 0.377 e. The predicted octanol–water partition coefficient (Wildman–Crippen LogP) is 3.58. The van der Waals surface area contributed by atoms with Gasteiger partial charge in [0.2, 0.25) is 16.0 Å². The number of halogens is 1. The maximum Gasteiger partial charge on any atom is 0.285 e. The summed E-state index contributed by atoms with van der Waals surface area (Å²) in [6.07, 6.45) is 4.71. The second-order valence-corrected chi connectivity index (χ2v) is 13.4. The van der Waals surface area contributed by atoms with Crippen LogP contribution in [0.1, 0.15) is 64.6 Å². The summed E-state index contributed by atoms with van der Waals surface area (Å²) < 4.78 is 28.8. The lowest BCUT2D eigenvalue weighted by atomic mass is 9.92. The fourth-order valence-corrected chi connectivity index (χ4v) is 6.37. The van der Waals surface area contributed by atoms with Gasteiger partial charge >= 0.3 is 0 Å². The van der Waals surface area contributed by atoms with Gasteiger partial charge in [0.25, 0.3) is 11.5 Å². The van der Waals surface area contributed by atoms with Gasteiger partial charge in [-0.05, 0) is 62.9 Å². The minimum Gasteiger partial charge on any atom is -0.377 e. The number of benzene rings is 1. The summed E-state index contributed by atoms with van der Waals surface area (Å²) in [4.78, 5) is 37.6. The summed E-state index contributed by atoms with van der Waals surface area (Å²) in [5.74, 6) is 0.0270. The molecule has 1 aliphatic heterocycles. The topological polar surface area (TPSA) is 144 Å². The van der Waals surface area contributed by atoms with Crippen LogP contribution in [0.5, 0.6) is 0 Å². The third kappa shape index (κ3) is 6.37. The van der Waals surface area contributed by atoms with Crippen molar-refractivity contribution in [3.05, 3.63) is 74.0 Å². The molecule has 0 bridgehead atoms. The van der Waals surface area contributed by atoms with Gasteiger partial charge < -0.3 is 10.2 Å². The number of pyridine rings is 1. The molecule has 1 unspecified atom stereocenters. The number of nitrogens with one attached hydrogen (secondary N) is 2. The van der Waals surface area contributed by atoms with Gasteiger partial charge in [-0.2, -0.15) is 5.10 Å². The number of piperidine rings is 1. The van der Waals surface area contributed by atoms with E-state index in [0.717, 1.165) is 49.0 Å². The van der Waals surface area contributed by atoms with E-state index in [1.807, 2.05) is 48.6 Å². The van der Waals surface area contributed by atoms with E-state index in [2.05, 4.69) is 27.2 Å². The number of sulfonamides is 1. The normalized spacial score (nSPS) is 15.1. The maximum absolute atomic E-state index is 13.7. The molecule has 14 heteroatoms. The third-order valence-corrected chi connectivity index (χ3v) is 8.50. The van der Waals surface area contributed by atoms with Crippen molar-refractivity contribution in [1.82, 2.24) is 29.0 Å². The van der Waals surface area contributed by atoms with Crippen LogP contribution in [0.3, 0.4) is 0 Å².